The van der Waals surface area contributed by atoms with E-state index in [0.29, 0.717) is 5.75 Å². The highest BCUT2D eigenvalue weighted by molar-refractivity contribution is 5.47. The van der Waals surface area contributed by atoms with Crippen LogP contribution in [0.3, 0.4) is 0 Å². The summed E-state index contributed by atoms with van der Waals surface area (Å²) in [6.45, 7) is 0.786. The highest BCUT2D eigenvalue weighted by Crippen LogP contribution is 2.48. The number of phenolic OH excluding ortho intramolecular Hbond substituents is 1. The van der Waals surface area contributed by atoms with Crippen molar-refractivity contribution in [3.63, 3.8) is 0 Å². The summed E-state index contributed by atoms with van der Waals surface area (Å²) in [5.74, 6) is 0.861. The highest BCUT2D eigenvalue weighted by Gasteiger charge is 2.46. The number of phenols is 1. The van der Waals surface area contributed by atoms with Crippen LogP contribution < -0.4 is 10.1 Å². The number of nitrogens with one attached hydrogen (secondary N) is 1. The molecule has 2 aliphatic rings. The summed E-state index contributed by atoms with van der Waals surface area (Å²) in [6.07, 6.45) is 4.93. The van der Waals surface area contributed by atoms with Gasteiger partial charge in [0.1, 0.15) is 0 Å². The first kappa shape index (κ1) is 13.7. The Morgan fingerprint density at radius 2 is 2.15 bits per heavy atom. The Labute approximate surface area is 119 Å². The van der Waals surface area contributed by atoms with E-state index in [2.05, 4.69) is 5.32 Å². The lowest BCUT2D eigenvalue weighted by Crippen LogP contribution is -2.53. The molecule has 1 saturated carbocycles. The molecule has 2 fully saturated rings. The molecule has 4 nitrogen and oxygen atoms in total. The lowest BCUT2D eigenvalue weighted by Gasteiger charge is -2.48. The van der Waals surface area contributed by atoms with Crippen LogP contribution in [0, 0.1) is 5.92 Å². The van der Waals surface area contributed by atoms with Gasteiger partial charge in [-0.1, -0.05) is 25.0 Å². The molecule has 3 N–H and O–H groups in total. The fourth-order valence-corrected chi connectivity index (χ4v) is 3.90. The Kier molecular flexibility index (Phi) is 3.61. The molecule has 0 unspecified atom stereocenters. The average molecular weight is 277 g/mol. The second kappa shape index (κ2) is 5.26. The van der Waals surface area contributed by atoms with E-state index in [1.54, 1.807) is 13.2 Å². The van der Waals surface area contributed by atoms with E-state index < -0.39 is 5.60 Å². The zero-order valence-electron chi connectivity index (χ0n) is 11.9. The smallest absolute Gasteiger partial charge is 0.162 e. The first-order valence-electron chi connectivity index (χ1n) is 7.47. The quantitative estimate of drug-likeness (QED) is 0.776. The Morgan fingerprint density at radius 3 is 2.95 bits per heavy atom. The molecule has 1 aliphatic carbocycles. The minimum atomic E-state index is -0.580. The molecule has 0 amide bonds. The lowest BCUT2D eigenvalue weighted by atomic mass is 9.66. The van der Waals surface area contributed by atoms with Crippen molar-refractivity contribution < 1.29 is 14.9 Å². The third kappa shape index (κ3) is 2.17. The summed E-state index contributed by atoms with van der Waals surface area (Å²) < 4.78 is 5.20. The molecule has 3 atom stereocenters. The van der Waals surface area contributed by atoms with Crippen LogP contribution in [0.2, 0.25) is 0 Å². The van der Waals surface area contributed by atoms with Gasteiger partial charge in [-0.25, -0.2) is 0 Å². The number of hydrogen-bond acceptors (Lipinski definition) is 4. The van der Waals surface area contributed by atoms with Gasteiger partial charge < -0.3 is 20.3 Å². The van der Waals surface area contributed by atoms with Crippen molar-refractivity contribution in [2.24, 2.45) is 5.92 Å². The first-order valence-corrected chi connectivity index (χ1v) is 7.47. The number of piperidine rings is 1. The number of aromatic hydroxyl groups is 1. The van der Waals surface area contributed by atoms with Crippen molar-refractivity contribution >= 4 is 0 Å². The van der Waals surface area contributed by atoms with Gasteiger partial charge in [0.25, 0.3) is 0 Å². The largest absolute Gasteiger partial charge is 0.504 e. The zero-order chi connectivity index (χ0) is 14.2. The number of hydrogen-bond donors (Lipinski definition) is 3. The molecule has 0 radical (unpaired) electrons. The lowest BCUT2D eigenvalue weighted by molar-refractivity contribution is -0.0863. The van der Waals surface area contributed by atoms with Crippen molar-refractivity contribution in [1.29, 1.82) is 0 Å². The Balaban J connectivity index is 1.96. The van der Waals surface area contributed by atoms with Gasteiger partial charge in [-0.3, -0.25) is 0 Å². The molecule has 1 heterocycles. The third-order valence-corrected chi connectivity index (χ3v) is 4.97. The second-order valence-corrected chi connectivity index (χ2v) is 6.04. The van der Waals surface area contributed by atoms with E-state index in [1.807, 2.05) is 12.1 Å². The van der Waals surface area contributed by atoms with Gasteiger partial charge in [-0.2, -0.15) is 0 Å². The maximum absolute atomic E-state index is 10.9. The number of aliphatic hydroxyl groups is 1. The molecular weight excluding hydrogens is 254 g/mol. The van der Waals surface area contributed by atoms with Gasteiger partial charge in [-0.05, 0) is 31.9 Å². The number of para-hydroxylation sites is 1. The minimum absolute atomic E-state index is 0.00384. The summed E-state index contributed by atoms with van der Waals surface area (Å²) in [5.41, 5.74) is 0.262. The summed E-state index contributed by atoms with van der Waals surface area (Å²) in [5, 5.41) is 24.7. The van der Waals surface area contributed by atoms with Crippen molar-refractivity contribution in [3.8, 4) is 11.5 Å². The Bertz CT molecular complexity index is 487. The van der Waals surface area contributed by atoms with E-state index in [4.69, 9.17) is 4.74 Å². The number of ether oxygens (including phenoxy) is 1. The number of benzene rings is 1. The summed E-state index contributed by atoms with van der Waals surface area (Å²) in [7, 11) is 1.56. The molecule has 1 aromatic carbocycles. The van der Waals surface area contributed by atoms with Gasteiger partial charge in [0, 0.05) is 17.5 Å². The summed E-state index contributed by atoms with van der Waals surface area (Å²) in [4.78, 5) is 0. The molecule has 0 aromatic heterocycles. The molecule has 3 rings (SSSR count). The molecule has 110 valence electrons. The summed E-state index contributed by atoms with van der Waals surface area (Å²) in [6, 6.07) is 5.58. The van der Waals surface area contributed by atoms with Crippen LogP contribution in [-0.4, -0.2) is 29.5 Å². The molecule has 20 heavy (non-hydrogen) atoms. The van der Waals surface area contributed by atoms with E-state index in [0.717, 1.165) is 44.2 Å². The fraction of sp³-hybridized carbons (Fsp3) is 0.625. The van der Waals surface area contributed by atoms with Crippen molar-refractivity contribution in [2.75, 3.05) is 13.7 Å². The molecule has 1 aliphatic heterocycles. The first-order chi connectivity index (χ1) is 9.65. The van der Waals surface area contributed by atoms with Crippen LogP contribution >= 0.6 is 0 Å². The molecule has 1 aromatic rings. The standard InChI is InChI=1S/C16H23NO3/c1-20-13-7-4-5-11(15(13)18)14-12-6-2-3-8-16(12,19)9-10-17-14/h4-5,7,12,14,17-19H,2-3,6,8-10H2,1H3/t12-,14+,16-/m1/s1. The molecule has 0 spiro atoms. The molecule has 0 bridgehead atoms. The van der Waals surface area contributed by atoms with Gasteiger partial charge in [0.05, 0.1) is 12.7 Å². The van der Waals surface area contributed by atoms with Crippen LogP contribution in [-0.2, 0) is 0 Å². The topological polar surface area (TPSA) is 61.7 Å². The van der Waals surface area contributed by atoms with E-state index in [9.17, 15) is 10.2 Å². The molecule has 1 saturated heterocycles. The monoisotopic (exact) mass is 277 g/mol. The maximum Gasteiger partial charge on any atom is 0.162 e. The maximum atomic E-state index is 10.9. The SMILES string of the molecule is COc1cccc([C@@H]2NCC[C@]3(O)CCCC[C@H]23)c1O. The Hall–Kier alpha value is -1.26. The summed E-state index contributed by atoms with van der Waals surface area (Å²) >= 11 is 0. The number of rotatable bonds is 2. The van der Waals surface area contributed by atoms with Crippen molar-refractivity contribution in [2.45, 2.75) is 43.7 Å². The Morgan fingerprint density at radius 1 is 1.30 bits per heavy atom. The van der Waals surface area contributed by atoms with Crippen molar-refractivity contribution in [3.05, 3.63) is 23.8 Å². The third-order valence-electron chi connectivity index (χ3n) is 4.97. The van der Waals surface area contributed by atoms with E-state index in [-0.39, 0.29) is 17.7 Å². The van der Waals surface area contributed by atoms with Gasteiger partial charge in [0.15, 0.2) is 11.5 Å². The second-order valence-electron chi connectivity index (χ2n) is 6.04. The number of methoxy groups -OCH3 is 1. The van der Waals surface area contributed by atoms with E-state index >= 15 is 0 Å². The van der Waals surface area contributed by atoms with Gasteiger partial charge in [-0.15, -0.1) is 0 Å². The minimum Gasteiger partial charge on any atom is -0.504 e. The molecule has 4 heteroatoms. The fourth-order valence-electron chi connectivity index (χ4n) is 3.90. The predicted octanol–water partition coefficient (Wildman–Crippen LogP) is 2.36. The van der Waals surface area contributed by atoms with Crippen molar-refractivity contribution in [1.82, 2.24) is 5.32 Å². The van der Waals surface area contributed by atoms with Crippen LogP contribution in [0.15, 0.2) is 18.2 Å². The highest BCUT2D eigenvalue weighted by atomic mass is 16.5. The van der Waals surface area contributed by atoms with Crippen LogP contribution in [0.1, 0.15) is 43.7 Å². The normalized spacial score (nSPS) is 33.5. The predicted molar refractivity (Wildman–Crippen MR) is 76.9 cm³/mol. The average Bonchev–Trinajstić information content (AvgIpc) is 2.46. The zero-order valence-corrected chi connectivity index (χ0v) is 11.9. The molecular formula is C16H23NO3. The van der Waals surface area contributed by atoms with Crippen LogP contribution in [0.4, 0.5) is 0 Å². The van der Waals surface area contributed by atoms with Gasteiger partial charge in [0.2, 0.25) is 0 Å². The van der Waals surface area contributed by atoms with Crippen LogP contribution in [0.25, 0.3) is 0 Å². The number of fused-ring (bicyclic) bond motifs is 1. The van der Waals surface area contributed by atoms with E-state index in [1.165, 1.54) is 0 Å². The van der Waals surface area contributed by atoms with Crippen LogP contribution in [0.5, 0.6) is 11.5 Å². The van der Waals surface area contributed by atoms with Gasteiger partial charge >= 0.3 is 0 Å².